The Morgan fingerprint density at radius 2 is 1.83 bits per heavy atom. The first-order valence-electron chi connectivity index (χ1n) is 9.06. The lowest BCUT2D eigenvalue weighted by molar-refractivity contribution is -0.132. The maximum atomic E-state index is 12.3. The number of hydrogen-bond donors (Lipinski definition) is 2. The molecule has 0 aromatic heterocycles. The van der Waals surface area contributed by atoms with Crippen LogP contribution >= 0.6 is 24.8 Å². The molecule has 2 saturated heterocycles. The zero-order valence-corrected chi connectivity index (χ0v) is 16.7. The number of nitrogens with two attached hydrogens (primary N) is 1. The first-order chi connectivity index (χ1) is 10.7. The number of likely N-dealkylation sites (tertiary alicyclic amines) is 1. The molecule has 144 valence electrons. The third-order valence-electron chi connectivity index (χ3n) is 5.35. The SMILES string of the molecule is CCC(CC)C(CNC(=O)[C@@H]1CC[C@H](CN)O1)N1CCCC1.Cl.Cl. The zero-order valence-electron chi connectivity index (χ0n) is 15.0. The average molecular weight is 384 g/mol. The van der Waals surface area contributed by atoms with Crippen molar-refractivity contribution in [3.8, 4) is 0 Å². The van der Waals surface area contributed by atoms with Gasteiger partial charge in [0.25, 0.3) is 0 Å². The van der Waals surface area contributed by atoms with Gasteiger partial charge < -0.3 is 15.8 Å². The summed E-state index contributed by atoms with van der Waals surface area (Å²) in [4.78, 5) is 14.9. The molecule has 0 aromatic rings. The molecule has 0 bridgehead atoms. The highest BCUT2D eigenvalue weighted by molar-refractivity contribution is 5.85. The molecule has 1 amide bonds. The lowest BCUT2D eigenvalue weighted by atomic mass is 9.93. The van der Waals surface area contributed by atoms with Crippen molar-refractivity contribution >= 4 is 30.7 Å². The van der Waals surface area contributed by atoms with Crippen molar-refractivity contribution in [2.75, 3.05) is 26.2 Å². The fourth-order valence-electron chi connectivity index (χ4n) is 3.89. The Balaban J connectivity index is 0.00000264. The largest absolute Gasteiger partial charge is 0.364 e. The van der Waals surface area contributed by atoms with Crippen molar-refractivity contribution in [3.05, 3.63) is 0 Å². The normalized spacial score (nSPS) is 25.2. The number of halogens is 2. The Hall–Kier alpha value is -0.0700. The molecule has 0 aromatic carbocycles. The Morgan fingerprint density at radius 3 is 2.33 bits per heavy atom. The van der Waals surface area contributed by atoms with E-state index in [0.717, 1.165) is 19.4 Å². The van der Waals surface area contributed by atoms with Crippen molar-refractivity contribution in [3.63, 3.8) is 0 Å². The molecule has 0 saturated carbocycles. The van der Waals surface area contributed by atoms with Crippen molar-refractivity contribution in [1.82, 2.24) is 10.2 Å². The second-order valence-corrected chi connectivity index (χ2v) is 6.69. The van der Waals surface area contributed by atoms with E-state index in [4.69, 9.17) is 10.5 Å². The van der Waals surface area contributed by atoms with E-state index in [2.05, 4.69) is 24.1 Å². The lowest BCUT2D eigenvalue weighted by Crippen LogP contribution is -2.48. The van der Waals surface area contributed by atoms with Gasteiger partial charge in [-0.3, -0.25) is 9.69 Å². The van der Waals surface area contributed by atoms with E-state index in [1.165, 1.54) is 38.8 Å². The maximum absolute atomic E-state index is 12.3. The van der Waals surface area contributed by atoms with Gasteiger partial charge in [-0.2, -0.15) is 0 Å². The van der Waals surface area contributed by atoms with Crippen LogP contribution < -0.4 is 11.1 Å². The third-order valence-corrected chi connectivity index (χ3v) is 5.35. The molecular formula is C17H35Cl2N3O2. The number of hydrogen-bond acceptors (Lipinski definition) is 4. The molecule has 2 heterocycles. The molecule has 2 aliphatic heterocycles. The van der Waals surface area contributed by atoms with E-state index < -0.39 is 0 Å². The summed E-state index contributed by atoms with van der Waals surface area (Å²) in [6, 6.07) is 0.466. The molecule has 7 heteroatoms. The predicted molar refractivity (Wildman–Crippen MR) is 103 cm³/mol. The van der Waals surface area contributed by atoms with Crippen LogP contribution in [-0.4, -0.2) is 55.2 Å². The summed E-state index contributed by atoms with van der Waals surface area (Å²) in [5, 5.41) is 3.15. The molecular weight excluding hydrogens is 349 g/mol. The highest BCUT2D eigenvalue weighted by Gasteiger charge is 2.32. The summed E-state index contributed by atoms with van der Waals surface area (Å²) < 4.78 is 5.69. The number of ether oxygens (including phenoxy) is 1. The van der Waals surface area contributed by atoms with Crippen molar-refractivity contribution in [2.24, 2.45) is 11.7 Å². The van der Waals surface area contributed by atoms with E-state index in [9.17, 15) is 4.79 Å². The molecule has 0 aliphatic carbocycles. The Bertz CT molecular complexity index is 349. The zero-order chi connectivity index (χ0) is 15.9. The molecule has 5 nitrogen and oxygen atoms in total. The van der Waals surface area contributed by atoms with Crippen LogP contribution in [0.2, 0.25) is 0 Å². The molecule has 2 aliphatic rings. The molecule has 3 N–H and O–H groups in total. The van der Waals surface area contributed by atoms with Gasteiger partial charge in [0, 0.05) is 19.1 Å². The minimum Gasteiger partial charge on any atom is -0.364 e. The fourth-order valence-corrected chi connectivity index (χ4v) is 3.89. The van der Waals surface area contributed by atoms with Crippen molar-refractivity contribution < 1.29 is 9.53 Å². The summed E-state index contributed by atoms with van der Waals surface area (Å²) in [5.41, 5.74) is 5.61. The van der Waals surface area contributed by atoms with Crippen LogP contribution in [0.4, 0.5) is 0 Å². The van der Waals surface area contributed by atoms with E-state index in [-0.39, 0.29) is 42.9 Å². The van der Waals surface area contributed by atoms with Crippen LogP contribution in [0.5, 0.6) is 0 Å². The van der Waals surface area contributed by atoms with Crippen LogP contribution in [-0.2, 0) is 9.53 Å². The van der Waals surface area contributed by atoms with E-state index in [1.54, 1.807) is 0 Å². The van der Waals surface area contributed by atoms with E-state index >= 15 is 0 Å². The Kier molecular flexibility index (Phi) is 12.3. The molecule has 3 atom stereocenters. The van der Waals surface area contributed by atoms with Crippen LogP contribution in [0.15, 0.2) is 0 Å². The lowest BCUT2D eigenvalue weighted by Gasteiger charge is -2.34. The maximum Gasteiger partial charge on any atom is 0.249 e. The van der Waals surface area contributed by atoms with Gasteiger partial charge in [0.1, 0.15) is 6.10 Å². The van der Waals surface area contributed by atoms with Gasteiger partial charge in [-0.05, 0) is 44.7 Å². The first kappa shape index (κ1) is 23.9. The summed E-state index contributed by atoms with van der Waals surface area (Å²) >= 11 is 0. The van der Waals surface area contributed by atoms with Gasteiger partial charge in [-0.25, -0.2) is 0 Å². The summed E-state index contributed by atoms with van der Waals surface area (Å²) in [7, 11) is 0. The standard InChI is InChI=1S/C17H33N3O2.2ClH/c1-3-13(4-2)15(20-9-5-6-10-20)12-19-17(21)16-8-7-14(11-18)22-16;;/h13-16H,3-12,18H2,1-2H3,(H,19,21);2*1H/t14-,15?,16+;;/m1../s1. The number of nitrogens with one attached hydrogen (secondary N) is 1. The van der Waals surface area contributed by atoms with Gasteiger partial charge in [-0.1, -0.05) is 26.7 Å². The minimum atomic E-state index is -0.297. The van der Waals surface area contributed by atoms with Gasteiger partial charge in [0.2, 0.25) is 5.91 Å². The van der Waals surface area contributed by atoms with Gasteiger partial charge >= 0.3 is 0 Å². The van der Waals surface area contributed by atoms with Crippen molar-refractivity contribution in [1.29, 1.82) is 0 Å². The summed E-state index contributed by atoms with van der Waals surface area (Å²) in [6.45, 7) is 8.11. The molecule has 1 unspecified atom stereocenters. The molecule has 0 radical (unpaired) electrons. The topological polar surface area (TPSA) is 67.6 Å². The second kappa shape index (κ2) is 12.3. The Labute approximate surface area is 159 Å². The highest BCUT2D eigenvalue weighted by Crippen LogP contribution is 2.23. The van der Waals surface area contributed by atoms with Gasteiger partial charge in [-0.15, -0.1) is 24.8 Å². The van der Waals surface area contributed by atoms with Crippen molar-refractivity contribution in [2.45, 2.75) is 70.6 Å². The van der Waals surface area contributed by atoms with Crippen LogP contribution in [0, 0.1) is 5.92 Å². The predicted octanol–water partition coefficient (Wildman–Crippen LogP) is 2.35. The van der Waals surface area contributed by atoms with Gasteiger partial charge in [0.15, 0.2) is 0 Å². The number of nitrogens with zero attached hydrogens (tertiary/aromatic N) is 1. The van der Waals surface area contributed by atoms with Crippen LogP contribution in [0.25, 0.3) is 0 Å². The number of amides is 1. The Morgan fingerprint density at radius 1 is 1.21 bits per heavy atom. The molecule has 0 spiro atoms. The average Bonchev–Trinajstić information content (AvgIpc) is 3.22. The summed E-state index contributed by atoms with van der Waals surface area (Å²) in [6.07, 6.45) is 6.37. The van der Waals surface area contributed by atoms with E-state index in [0.29, 0.717) is 18.5 Å². The molecule has 2 rings (SSSR count). The highest BCUT2D eigenvalue weighted by atomic mass is 35.5. The second-order valence-electron chi connectivity index (χ2n) is 6.69. The minimum absolute atomic E-state index is 0. The first-order valence-corrected chi connectivity index (χ1v) is 9.06. The van der Waals surface area contributed by atoms with E-state index in [1.807, 2.05) is 0 Å². The number of rotatable bonds is 8. The number of carbonyl (C=O) groups excluding carboxylic acids is 1. The molecule has 24 heavy (non-hydrogen) atoms. The molecule has 2 fully saturated rings. The summed E-state index contributed by atoms with van der Waals surface area (Å²) in [5.74, 6) is 0.700. The van der Waals surface area contributed by atoms with Crippen LogP contribution in [0.3, 0.4) is 0 Å². The smallest absolute Gasteiger partial charge is 0.249 e. The number of carbonyl (C=O) groups is 1. The quantitative estimate of drug-likeness (QED) is 0.674. The van der Waals surface area contributed by atoms with Gasteiger partial charge in [0.05, 0.1) is 6.10 Å². The van der Waals surface area contributed by atoms with Crippen LogP contribution in [0.1, 0.15) is 52.4 Å². The third kappa shape index (κ3) is 6.34. The monoisotopic (exact) mass is 383 g/mol. The fraction of sp³-hybridized carbons (Fsp3) is 0.941.